The molecule has 1 N–H and O–H groups in total. The lowest BCUT2D eigenvalue weighted by Gasteiger charge is -2.10. The molecule has 1 aromatic carbocycles. The molecule has 1 unspecified atom stereocenters. The van der Waals surface area contributed by atoms with E-state index in [0.29, 0.717) is 17.0 Å². The second-order valence-electron chi connectivity index (χ2n) is 3.50. The second kappa shape index (κ2) is 4.95. The molecule has 2 aromatic rings. The van der Waals surface area contributed by atoms with Gasteiger partial charge >= 0.3 is 0 Å². The van der Waals surface area contributed by atoms with E-state index in [1.54, 1.807) is 17.4 Å². The first-order valence-electron chi connectivity index (χ1n) is 4.81. The molecule has 0 saturated carbocycles. The van der Waals surface area contributed by atoms with Crippen molar-refractivity contribution in [2.24, 2.45) is 0 Å². The first-order valence-corrected chi connectivity index (χ1v) is 6.07. The van der Waals surface area contributed by atoms with Gasteiger partial charge in [-0.2, -0.15) is 0 Å². The van der Waals surface area contributed by atoms with Crippen LogP contribution in [0, 0.1) is 5.82 Å². The Kier molecular flexibility index (Phi) is 3.59. The van der Waals surface area contributed by atoms with Crippen LogP contribution in [0.3, 0.4) is 0 Å². The Bertz CT molecular complexity index is 450. The quantitative estimate of drug-likeness (QED) is 0.885. The molecule has 0 aliphatic rings. The fraction of sp³-hybridized carbons (Fsp3) is 0.167. The molecule has 0 fully saturated rings. The third kappa shape index (κ3) is 2.82. The van der Waals surface area contributed by atoms with Gasteiger partial charge in [0, 0.05) is 16.3 Å². The standard InChI is InChI=1S/C12H10ClFOS/c13-9-4-8(5-10(14)6-9)12(15)7-11-2-1-3-16-11/h1-6,12,15H,7H2. The Morgan fingerprint density at radius 2 is 2.19 bits per heavy atom. The van der Waals surface area contributed by atoms with Crippen LogP contribution >= 0.6 is 22.9 Å². The number of hydrogen-bond acceptors (Lipinski definition) is 2. The van der Waals surface area contributed by atoms with Gasteiger partial charge in [0.15, 0.2) is 0 Å². The van der Waals surface area contributed by atoms with Gasteiger partial charge in [-0.3, -0.25) is 0 Å². The van der Waals surface area contributed by atoms with Crippen molar-refractivity contribution in [2.45, 2.75) is 12.5 Å². The molecule has 0 radical (unpaired) electrons. The molecule has 2 rings (SSSR count). The van der Waals surface area contributed by atoms with Gasteiger partial charge in [0.2, 0.25) is 0 Å². The van der Waals surface area contributed by atoms with E-state index in [2.05, 4.69) is 0 Å². The van der Waals surface area contributed by atoms with Crippen molar-refractivity contribution in [1.29, 1.82) is 0 Å². The van der Waals surface area contributed by atoms with E-state index >= 15 is 0 Å². The molecule has 1 nitrogen and oxygen atoms in total. The topological polar surface area (TPSA) is 20.2 Å². The van der Waals surface area contributed by atoms with Gasteiger partial charge in [-0.15, -0.1) is 11.3 Å². The summed E-state index contributed by atoms with van der Waals surface area (Å²) >= 11 is 7.30. The maximum Gasteiger partial charge on any atom is 0.125 e. The third-order valence-corrected chi connectivity index (χ3v) is 3.36. The van der Waals surface area contributed by atoms with E-state index in [9.17, 15) is 9.50 Å². The van der Waals surface area contributed by atoms with Crippen LogP contribution < -0.4 is 0 Å². The minimum absolute atomic E-state index is 0.306. The first-order chi connectivity index (χ1) is 7.65. The molecule has 0 bridgehead atoms. The van der Waals surface area contributed by atoms with Crippen LogP contribution in [0.2, 0.25) is 5.02 Å². The van der Waals surface area contributed by atoms with Crippen LogP contribution in [0.5, 0.6) is 0 Å². The van der Waals surface area contributed by atoms with E-state index in [4.69, 9.17) is 11.6 Å². The van der Waals surface area contributed by atoms with Gasteiger partial charge in [-0.1, -0.05) is 17.7 Å². The van der Waals surface area contributed by atoms with Gasteiger partial charge < -0.3 is 5.11 Å². The average molecular weight is 257 g/mol. The summed E-state index contributed by atoms with van der Waals surface area (Å²) in [6.45, 7) is 0. The predicted molar refractivity (Wildman–Crippen MR) is 64.4 cm³/mol. The molecule has 1 atom stereocenters. The molecule has 0 aliphatic heterocycles. The summed E-state index contributed by atoms with van der Waals surface area (Å²) in [5, 5.41) is 12.2. The van der Waals surface area contributed by atoms with Crippen LogP contribution in [0.15, 0.2) is 35.7 Å². The number of aliphatic hydroxyl groups excluding tert-OH is 1. The molecule has 1 aromatic heterocycles. The van der Waals surface area contributed by atoms with Crippen molar-refractivity contribution in [1.82, 2.24) is 0 Å². The maximum absolute atomic E-state index is 13.1. The zero-order valence-corrected chi connectivity index (χ0v) is 9.93. The van der Waals surface area contributed by atoms with Crippen molar-refractivity contribution in [3.8, 4) is 0 Å². The van der Waals surface area contributed by atoms with Crippen LogP contribution in [0.1, 0.15) is 16.5 Å². The van der Waals surface area contributed by atoms with Crippen LogP contribution in [-0.2, 0) is 6.42 Å². The van der Waals surface area contributed by atoms with Gasteiger partial charge in [0.25, 0.3) is 0 Å². The summed E-state index contributed by atoms with van der Waals surface area (Å²) in [7, 11) is 0. The van der Waals surface area contributed by atoms with Crippen molar-refractivity contribution in [3.05, 3.63) is 57.0 Å². The molecule has 4 heteroatoms. The predicted octanol–water partition coefficient (Wildman–Crippen LogP) is 3.82. The minimum atomic E-state index is -0.716. The van der Waals surface area contributed by atoms with E-state index in [1.165, 1.54) is 12.1 Å². The molecule has 0 saturated heterocycles. The molecule has 0 aliphatic carbocycles. The number of hydrogen-bond donors (Lipinski definition) is 1. The van der Waals surface area contributed by atoms with Gasteiger partial charge in [-0.05, 0) is 35.2 Å². The van der Waals surface area contributed by atoms with Crippen molar-refractivity contribution < 1.29 is 9.50 Å². The third-order valence-electron chi connectivity index (χ3n) is 2.24. The molecule has 1 heterocycles. The van der Waals surface area contributed by atoms with Gasteiger partial charge in [0.05, 0.1) is 6.10 Å². The summed E-state index contributed by atoms with van der Waals surface area (Å²) in [5.41, 5.74) is 0.512. The average Bonchev–Trinajstić information content (AvgIpc) is 2.68. The highest BCUT2D eigenvalue weighted by molar-refractivity contribution is 7.09. The molecule has 0 amide bonds. The fourth-order valence-electron chi connectivity index (χ4n) is 1.50. The van der Waals surface area contributed by atoms with Crippen molar-refractivity contribution in [3.63, 3.8) is 0 Å². The zero-order valence-electron chi connectivity index (χ0n) is 8.36. The first kappa shape index (κ1) is 11.6. The van der Waals surface area contributed by atoms with Crippen LogP contribution in [0.25, 0.3) is 0 Å². The second-order valence-corrected chi connectivity index (χ2v) is 4.97. The van der Waals surface area contributed by atoms with Gasteiger partial charge in [0.1, 0.15) is 5.82 Å². The van der Waals surface area contributed by atoms with Crippen LogP contribution in [0.4, 0.5) is 4.39 Å². The summed E-state index contributed by atoms with van der Waals surface area (Å²) in [6.07, 6.45) is -0.232. The Morgan fingerprint density at radius 1 is 1.38 bits per heavy atom. The molecule has 84 valence electrons. The lowest BCUT2D eigenvalue weighted by atomic mass is 10.1. The lowest BCUT2D eigenvalue weighted by Crippen LogP contribution is -2.01. The summed E-state index contributed by atoms with van der Waals surface area (Å²) in [6, 6.07) is 7.98. The number of halogens is 2. The SMILES string of the molecule is OC(Cc1cccs1)c1cc(F)cc(Cl)c1. The highest BCUT2D eigenvalue weighted by atomic mass is 35.5. The smallest absolute Gasteiger partial charge is 0.125 e. The van der Waals surface area contributed by atoms with Crippen molar-refractivity contribution in [2.75, 3.05) is 0 Å². The van der Waals surface area contributed by atoms with E-state index < -0.39 is 11.9 Å². The maximum atomic E-state index is 13.1. The number of rotatable bonds is 3. The number of thiophene rings is 1. The lowest BCUT2D eigenvalue weighted by molar-refractivity contribution is 0.179. The largest absolute Gasteiger partial charge is 0.388 e. The molecule has 16 heavy (non-hydrogen) atoms. The highest BCUT2D eigenvalue weighted by Gasteiger charge is 2.11. The van der Waals surface area contributed by atoms with Crippen molar-refractivity contribution >= 4 is 22.9 Å². The zero-order chi connectivity index (χ0) is 11.5. The summed E-state index contributed by atoms with van der Waals surface area (Å²) in [4.78, 5) is 1.06. The van der Waals surface area contributed by atoms with E-state index in [1.807, 2.05) is 17.5 Å². The Hall–Kier alpha value is -0.900. The van der Waals surface area contributed by atoms with Crippen LogP contribution in [-0.4, -0.2) is 5.11 Å². The number of aliphatic hydroxyl groups is 1. The Labute approximate surface area is 102 Å². The van der Waals surface area contributed by atoms with E-state index in [-0.39, 0.29) is 0 Å². The van der Waals surface area contributed by atoms with E-state index in [0.717, 1.165) is 4.88 Å². The minimum Gasteiger partial charge on any atom is -0.388 e. The summed E-state index contributed by atoms with van der Waals surface area (Å²) in [5.74, 6) is -0.423. The monoisotopic (exact) mass is 256 g/mol. The number of benzene rings is 1. The summed E-state index contributed by atoms with van der Waals surface area (Å²) < 4.78 is 13.1. The molecule has 0 spiro atoms. The fourth-order valence-corrected chi connectivity index (χ4v) is 2.48. The van der Waals surface area contributed by atoms with Gasteiger partial charge in [-0.25, -0.2) is 4.39 Å². The Morgan fingerprint density at radius 3 is 2.81 bits per heavy atom. The highest BCUT2D eigenvalue weighted by Crippen LogP contribution is 2.24. The Balaban J connectivity index is 2.17. The molecular weight excluding hydrogens is 247 g/mol. The molecular formula is C12H10ClFOS. The normalized spacial score (nSPS) is 12.7.